The third-order valence-corrected chi connectivity index (χ3v) is 10.4. The summed E-state index contributed by atoms with van der Waals surface area (Å²) in [6.45, 7) is 5.74. The molecule has 0 heterocycles. The number of hydrogen-bond donors (Lipinski definition) is 0. The van der Waals surface area contributed by atoms with Gasteiger partial charge in [-0.3, -0.25) is 0 Å². The third-order valence-electron chi connectivity index (χ3n) is 10.4. The van der Waals surface area contributed by atoms with Crippen LogP contribution in [0.15, 0.2) is 133 Å². The first-order valence-corrected chi connectivity index (χ1v) is 20.0. The van der Waals surface area contributed by atoms with Crippen LogP contribution in [0.3, 0.4) is 0 Å². The average molecular weight is 953 g/mol. The maximum Gasteiger partial charge on any atom is 0.200 e. The Morgan fingerprint density at radius 2 is 0.574 bits per heavy atom. The van der Waals surface area contributed by atoms with Crippen LogP contribution in [0.5, 0.6) is 0 Å². The molecule has 0 aliphatic rings. The van der Waals surface area contributed by atoms with E-state index in [4.69, 9.17) is 0 Å². The molecule has 68 heavy (non-hydrogen) atoms. The minimum absolute atomic E-state index is 0.253. The van der Waals surface area contributed by atoms with Gasteiger partial charge in [0.15, 0.2) is 58.2 Å². The van der Waals surface area contributed by atoms with Gasteiger partial charge in [-0.1, -0.05) is 48.5 Å². The van der Waals surface area contributed by atoms with Crippen LogP contribution in [0.2, 0.25) is 0 Å². The van der Waals surface area contributed by atoms with Gasteiger partial charge in [0.25, 0.3) is 0 Å². The Hall–Kier alpha value is -7.62. The van der Waals surface area contributed by atoms with Crippen molar-refractivity contribution in [3.8, 4) is 11.1 Å². The highest BCUT2D eigenvalue weighted by Gasteiger charge is 2.33. The average Bonchev–Trinajstić information content (AvgIpc) is 3.33. The fraction of sp³-hybridized carbons (Fsp3) is 0.0769. The lowest BCUT2D eigenvalue weighted by molar-refractivity contribution is 0.379. The van der Waals surface area contributed by atoms with Crippen LogP contribution in [-0.4, -0.2) is 0 Å². The van der Waals surface area contributed by atoms with Crippen molar-refractivity contribution in [1.82, 2.24) is 0 Å². The molecule has 0 saturated carbocycles. The lowest BCUT2D eigenvalue weighted by Crippen LogP contribution is -2.11. The highest BCUT2D eigenvalue weighted by atomic mass is 19.2. The molecule has 0 bridgehead atoms. The van der Waals surface area contributed by atoms with E-state index >= 15 is 0 Å². The molecule has 8 rings (SSSR count). The van der Waals surface area contributed by atoms with E-state index in [0.29, 0.717) is 40.7 Å². The fourth-order valence-corrected chi connectivity index (χ4v) is 6.67. The zero-order chi connectivity index (χ0) is 49.7. The summed E-state index contributed by atoms with van der Waals surface area (Å²) < 4.78 is 188. The zero-order valence-corrected chi connectivity index (χ0v) is 35.9. The van der Waals surface area contributed by atoms with E-state index in [1.165, 1.54) is 24.3 Å². The van der Waals surface area contributed by atoms with Crippen LogP contribution in [0.4, 0.5) is 95.6 Å². The molecule has 0 N–H and O–H groups in total. The first kappa shape index (κ1) is 49.8. The number of anilines is 6. The molecule has 16 heteroatoms. The van der Waals surface area contributed by atoms with Gasteiger partial charge in [0.05, 0.1) is 11.1 Å². The second kappa shape index (κ2) is 20.9. The predicted octanol–water partition coefficient (Wildman–Crippen LogP) is 16.8. The fourth-order valence-electron chi connectivity index (χ4n) is 6.67. The van der Waals surface area contributed by atoms with E-state index in [1.54, 1.807) is 56.0 Å². The smallest absolute Gasteiger partial charge is 0.200 e. The van der Waals surface area contributed by atoms with Crippen LogP contribution in [0.1, 0.15) is 22.3 Å². The van der Waals surface area contributed by atoms with Gasteiger partial charge >= 0.3 is 0 Å². The van der Waals surface area contributed by atoms with Crippen molar-refractivity contribution in [3.05, 3.63) is 237 Å². The first-order valence-electron chi connectivity index (χ1n) is 20.0. The Balaban J connectivity index is 0.000000168. The summed E-state index contributed by atoms with van der Waals surface area (Å²) in [4.78, 5) is 3.58. The predicted molar refractivity (Wildman–Crippen MR) is 232 cm³/mol. The standard InChI is InChI=1S/C20H17F2N.C19H14F3N.C13H3F9/c1-14-8-9-18(13-20(14)22)23(16-6-4-3-5-7-16)17-10-11-19(21)15(2)12-17;1-13-7-8-15(11-18(13)21)23(14-5-3-2-4-6-14)16-9-10-17(20)19(22)12-16;1-2-5(14)7(16)3(8(17)6(2)15)4-9(18)11(20)13(22)12(21)10(4)19/h3-13H,1-2H3;2-12H,1H3;1H3. The van der Waals surface area contributed by atoms with Gasteiger partial charge in [-0.2, -0.15) is 0 Å². The summed E-state index contributed by atoms with van der Waals surface area (Å²) in [7, 11) is 0. The van der Waals surface area contributed by atoms with E-state index in [9.17, 15) is 61.5 Å². The molecule has 8 aromatic rings. The molecular weight excluding hydrogens is 919 g/mol. The minimum Gasteiger partial charge on any atom is -0.310 e. The summed E-state index contributed by atoms with van der Waals surface area (Å²) in [5, 5.41) is 0. The zero-order valence-electron chi connectivity index (χ0n) is 35.9. The van der Waals surface area contributed by atoms with Crippen molar-refractivity contribution in [2.24, 2.45) is 0 Å². The van der Waals surface area contributed by atoms with Gasteiger partial charge in [-0.25, -0.2) is 61.5 Å². The van der Waals surface area contributed by atoms with E-state index in [2.05, 4.69) is 0 Å². The lowest BCUT2D eigenvalue weighted by atomic mass is 9.99. The van der Waals surface area contributed by atoms with Crippen LogP contribution < -0.4 is 9.80 Å². The van der Waals surface area contributed by atoms with Crippen molar-refractivity contribution in [2.45, 2.75) is 27.7 Å². The van der Waals surface area contributed by atoms with E-state index in [1.807, 2.05) is 71.6 Å². The lowest BCUT2D eigenvalue weighted by Gasteiger charge is -2.26. The Morgan fingerprint density at radius 3 is 0.941 bits per heavy atom. The normalized spacial score (nSPS) is 10.8. The Labute approximate surface area is 380 Å². The quantitative estimate of drug-likeness (QED) is 0.0892. The molecule has 0 aliphatic carbocycles. The Bertz CT molecular complexity index is 2760. The summed E-state index contributed by atoms with van der Waals surface area (Å²) in [6.07, 6.45) is 0. The molecule has 0 unspecified atom stereocenters. The second-order valence-electron chi connectivity index (χ2n) is 14.9. The molecule has 0 radical (unpaired) electrons. The van der Waals surface area contributed by atoms with Crippen molar-refractivity contribution in [1.29, 1.82) is 0 Å². The van der Waals surface area contributed by atoms with Crippen LogP contribution in [-0.2, 0) is 0 Å². The Morgan fingerprint density at radius 1 is 0.250 bits per heavy atom. The molecule has 0 aliphatic heterocycles. The highest BCUT2D eigenvalue weighted by Crippen LogP contribution is 2.39. The van der Waals surface area contributed by atoms with Gasteiger partial charge in [-0.05, 0) is 123 Å². The molecule has 2 nitrogen and oxygen atoms in total. The summed E-state index contributed by atoms with van der Waals surface area (Å²) in [6, 6.07) is 37.2. The molecule has 0 amide bonds. The maximum atomic E-state index is 14.0. The number of benzene rings is 8. The van der Waals surface area contributed by atoms with E-state index in [-0.39, 0.29) is 17.5 Å². The number of aryl methyl sites for hydroxylation is 3. The Kier molecular flexibility index (Phi) is 15.3. The molecule has 0 saturated heterocycles. The molecule has 0 spiro atoms. The third kappa shape index (κ3) is 10.3. The number of halogens is 14. The number of hydrogen-bond acceptors (Lipinski definition) is 2. The van der Waals surface area contributed by atoms with Gasteiger partial charge in [0, 0.05) is 45.8 Å². The first-order chi connectivity index (χ1) is 32.2. The SMILES string of the molecule is Cc1c(F)c(F)c(-c2c(F)c(F)c(F)c(F)c2F)c(F)c1F.Cc1cc(N(c2ccccc2)c2ccc(C)c(F)c2)ccc1F.Cc1ccc(N(c2ccccc2)c2ccc(F)c(F)c2)cc1F. The molecular formula is C52H34F14N2. The van der Waals surface area contributed by atoms with Gasteiger partial charge in [0.1, 0.15) is 17.5 Å². The van der Waals surface area contributed by atoms with Crippen molar-refractivity contribution < 1.29 is 61.5 Å². The summed E-state index contributed by atoms with van der Waals surface area (Å²) in [5.74, 6) is -24.1. The van der Waals surface area contributed by atoms with Crippen molar-refractivity contribution >= 4 is 34.1 Å². The molecule has 0 fully saturated rings. The van der Waals surface area contributed by atoms with Crippen molar-refractivity contribution in [3.63, 3.8) is 0 Å². The molecule has 0 atom stereocenters. The van der Waals surface area contributed by atoms with Gasteiger partial charge in [0.2, 0.25) is 5.82 Å². The molecule has 350 valence electrons. The highest BCUT2D eigenvalue weighted by molar-refractivity contribution is 5.78. The van der Waals surface area contributed by atoms with Crippen LogP contribution in [0, 0.1) is 109 Å². The minimum atomic E-state index is -2.59. The van der Waals surface area contributed by atoms with E-state index in [0.717, 1.165) is 29.2 Å². The van der Waals surface area contributed by atoms with Crippen LogP contribution >= 0.6 is 0 Å². The summed E-state index contributed by atoms with van der Waals surface area (Å²) >= 11 is 0. The van der Waals surface area contributed by atoms with Gasteiger partial charge < -0.3 is 9.80 Å². The monoisotopic (exact) mass is 952 g/mol. The summed E-state index contributed by atoms with van der Waals surface area (Å²) in [5.41, 5.74) is 0.455. The molecule has 8 aromatic carbocycles. The van der Waals surface area contributed by atoms with Crippen molar-refractivity contribution in [2.75, 3.05) is 9.80 Å². The second-order valence-corrected chi connectivity index (χ2v) is 14.9. The largest absolute Gasteiger partial charge is 0.310 e. The van der Waals surface area contributed by atoms with E-state index < -0.39 is 80.7 Å². The van der Waals surface area contributed by atoms with Crippen LogP contribution in [0.25, 0.3) is 11.1 Å². The molecule has 0 aromatic heterocycles. The number of para-hydroxylation sites is 2. The number of nitrogens with zero attached hydrogens (tertiary/aromatic N) is 2. The maximum absolute atomic E-state index is 14.0. The number of rotatable bonds is 7. The topological polar surface area (TPSA) is 6.48 Å². The van der Waals surface area contributed by atoms with Gasteiger partial charge in [-0.15, -0.1) is 0 Å².